The van der Waals surface area contributed by atoms with E-state index in [1.807, 2.05) is 6.92 Å². The molecule has 0 fully saturated rings. The maximum Gasteiger partial charge on any atom is 0.258 e. The van der Waals surface area contributed by atoms with E-state index in [9.17, 15) is 13.6 Å². The normalized spacial score (nSPS) is 16.8. The molecule has 0 saturated carbocycles. The van der Waals surface area contributed by atoms with Gasteiger partial charge in [0.25, 0.3) is 5.91 Å². The van der Waals surface area contributed by atoms with Crippen molar-refractivity contribution in [1.29, 1.82) is 0 Å². The van der Waals surface area contributed by atoms with Crippen molar-refractivity contribution in [2.75, 3.05) is 7.11 Å². The number of nitrogens with one attached hydrogen (secondary N) is 1. The molecule has 0 aliphatic heterocycles. The van der Waals surface area contributed by atoms with Crippen molar-refractivity contribution >= 4 is 17.2 Å². The predicted molar refractivity (Wildman–Crippen MR) is 82.9 cm³/mol. The summed E-state index contributed by atoms with van der Waals surface area (Å²) in [6.45, 7) is 1.91. The van der Waals surface area contributed by atoms with E-state index >= 15 is 0 Å². The average Bonchev–Trinajstić information content (AvgIpc) is 2.91. The molecule has 7 heteroatoms. The number of benzene rings is 1. The Hall–Kier alpha value is -2.02. The average molecular weight is 338 g/mol. The lowest BCUT2D eigenvalue weighted by Crippen LogP contribution is -2.32. The fraction of sp³-hybridized carbons (Fsp3) is 0.375. The molecule has 1 heterocycles. The minimum absolute atomic E-state index is 0.00638. The molecule has 3 rings (SSSR count). The van der Waals surface area contributed by atoms with Crippen LogP contribution < -0.4 is 10.1 Å². The highest BCUT2D eigenvalue weighted by Gasteiger charge is 2.28. The number of hydrogen-bond donors (Lipinski definition) is 1. The fourth-order valence-corrected chi connectivity index (χ4v) is 3.87. The first-order chi connectivity index (χ1) is 11.0. The van der Waals surface area contributed by atoms with Gasteiger partial charge >= 0.3 is 0 Å². The standard InChI is InChI=1S/C16H16F2N2O2S/c1-8-19-15-10(4-3-5-12(15)23-8)20-16(21)13-11(22-2)7-6-9(17)14(13)18/h6-7,10H,3-5H2,1-2H3,(H,20,21)/t10-/m1/s1. The molecule has 0 radical (unpaired) electrons. The minimum Gasteiger partial charge on any atom is -0.496 e. The number of aromatic nitrogens is 1. The quantitative estimate of drug-likeness (QED) is 0.931. The van der Waals surface area contributed by atoms with Crippen LogP contribution >= 0.6 is 11.3 Å². The van der Waals surface area contributed by atoms with Gasteiger partial charge in [0, 0.05) is 4.88 Å². The van der Waals surface area contributed by atoms with Crippen LogP contribution in [0.3, 0.4) is 0 Å². The van der Waals surface area contributed by atoms with Gasteiger partial charge in [-0.05, 0) is 38.3 Å². The van der Waals surface area contributed by atoms with Crippen LogP contribution in [-0.4, -0.2) is 18.0 Å². The fourth-order valence-electron chi connectivity index (χ4n) is 2.83. The second kappa shape index (κ2) is 6.23. The van der Waals surface area contributed by atoms with Gasteiger partial charge in [0.15, 0.2) is 11.6 Å². The number of methoxy groups -OCH3 is 1. The van der Waals surface area contributed by atoms with Crippen molar-refractivity contribution in [3.05, 3.63) is 44.9 Å². The molecule has 122 valence electrons. The van der Waals surface area contributed by atoms with Crippen molar-refractivity contribution in [3.63, 3.8) is 0 Å². The molecule has 1 atom stereocenters. The Morgan fingerprint density at radius 3 is 2.96 bits per heavy atom. The number of hydrogen-bond acceptors (Lipinski definition) is 4. The first-order valence-corrected chi connectivity index (χ1v) is 8.12. The van der Waals surface area contributed by atoms with Gasteiger partial charge < -0.3 is 10.1 Å². The molecule has 1 aromatic heterocycles. The third-order valence-electron chi connectivity index (χ3n) is 3.87. The smallest absolute Gasteiger partial charge is 0.258 e. The molecule has 1 N–H and O–H groups in total. The molecule has 0 unspecified atom stereocenters. The first kappa shape index (κ1) is 15.9. The molecule has 4 nitrogen and oxygen atoms in total. The Labute approximate surface area is 136 Å². The number of fused-ring (bicyclic) bond motifs is 1. The Kier molecular flexibility index (Phi) is 4.30. The van der Waals surface area contributed by atoms with E-state index in [4.69, 9.17) is 4.74 Å². The summed E-state index contributed by atoms with van der Waals surface area (Å²) < 4.78 is 32.5. The van der Waals surface area contributed by atoms with Crippen LogP contribution in [0.15, 0.2) is 12.1 Å². The number of carbonyl (C=O) groups is 1. The van der Waals surface area contributed by atoms with E-state index in [1.54, 1.807) is 11.3 Å². The SMILES string of the molecule is COc1ccc(F)c(F)c1C(=O)N[C@@H]1CCCc2sc(C)nc21. The van der Waals surface area contributed by atoms with Crippen LogP contribution in [0.4, 0.5) is 8.78 Å². The summed E-state index contributed by atoms with van der Waals surface area (Å²) in [6.07, 6.45) is 2.58. The third kappa shape index (κ3) is 2.93. The molecule has 1 amide bonds. The molecule has 0 spiro atoms. The summed E-state index contributed by atoms with van der Waals surface area (Å²) >= 11 is 1.61. The number of rotatable bonds is 3. The number of aryl methyl sites for hydroxylation is 2. The van der Waals surface area contributed by atoms with Crippen LogP contribution in [0.25, 0.3) is 0 Å². The van der Waals surface area contributed by atoms with Crippen molar-refractivity contribution < 1.29 is 18.3 Å². The molecule has 1 aliphatic rings. The van der Waals surface area contributed by atoms with Gasteiger partial charge in [-0.2, -0.15) is 0 Å². The van der Waals surface area contributed by atoms with Gasteiger partial charge in [-0.25, -0.2) is 13.8 Å². The molecule has 0 bridgehead atoms. The Bertz CT molecular complexity index is 761. The van der Waals surface area contributed by atoms with E-state index in [2.05, 4.69) is 10.3 Å². The van der Waals surface area contributed by atoms with Crippen LogP contribution in [0, 0.1) is 18.6 Å². The summed E-state index contributed by atoms with van der Waals surface area (Å²) in [7, 11) is 1.31. The van der Waals surface area contributed by atoms with Crippen LogP contribution in [0.5, 0.6) is 5.75 Å². The zero-order valence-electron chi connectivity index (χ0n) is 12.8. The molecule has 1 aromatic carbocycles. The second-order valence-corrected chi connectivity index (χ2v) is 6.69. The minimum atomic E-state index is -1.20. The maximum atomic E-state index is 14.0. The van der Waals surface area contributed by atoms with E-state index in [0.29, 0.717) is 0 Å². The van der Waals surface area contributed by atoms with Crippen LogP contribution in [0.2, 0.25) is 0 Å². The number of amides is 1. The summed E-state index contributed by atoms with van der Waals surface area (Å²) in [6, 6.07) is 1.89. The summed E-state index contributed by atoms with van der Waals surface area (Å²) in [5.41, 5.74) is 0.425. The van der Waals surface area contributed by atoms with Crippen molar-refractivity contribution in [1.82, 2.24) is 10.3 Å². The number of halogens is 2. The highest BCUT2D eigenvalue weighted by Crippen LogP contribution is 2.34. The van der Waals surface area contributed by atoms with Gasteiger partial charge in [0.2, 0.25) is 0 Å². The zero-order chi connectivity index (χ0) is 16.6. The first-order valence-electron chi connectivity index (χ1n) is 7.30. The van der Waals surface area contributed by atoms with E-state index < -0.39 is 23.1 Å². The molecule has 1 aliphatic carbocycles. The Morgan fingerprint density at radius 1 is 1.43 bits per heavy atom. The zero-order valence-corrected chi connectivity index (χ0v) is 13.6. The topological polar surface area (TPSA) is 51.2 Å². The highest BCUT2D eigenvalue weighted by molar-refractivity contribution is 7.11. The Morgan fingerprint density at radius 2 is 2.22 bits per heavy atom. The molecular weight excluding hydrogens is 322 g/mol. The number of ether oxygens (including phenoxy) is 1. The molecule has 2 aromatic rings. The third-order valence-corrected chi connectivity index (χ3v) is 4.92. The lowest BCUT2D eigenvalue weighted by molar-refractivity contribution is 0.0923. The van der Waals surface area contributed by atoms with Gasteiger partial charge in [-0.1, -0.05) is 0 Å². The number of carbonyl (C=O) groups excluding carboxylic acids is 1. The lowest BCUT2D eigenvalue weighted by atomic mass is 9.97. The summed E-state index contributed by atoms with van der Waals surface area (Å²) in [4.78, 5) is 18.1. The Balaban J connectivity index is 1.90. The van der Waals surface area contributed by atoms with Crippen molar-refractivity contribution in [2.45, 2.75) is 32.2 Å². The van der Waals surface area contributed by atoms with Gasteiger partial charge in [-0.15, -0.1) is 11.3 Å². The molecule has 23 heavy (non-hydrogen) atoms. The van der Waals surface area contributed by atoms with Gasteiger partial charge in [-0.3, -0.25) is 4.79 Å². The van der Waals surface area contributed by atoms with Crippen molar-refractivity contribution in [2.24, 2.45) is 0 Å². The molecular formula is C16H16F2N2O2S. The number of thiazole rings is 1. The summed E-state index contributed by atoms with van der Waals surface area (Å²) in [5.74, 6) is -2.97. The monoisotopic (exact) mass is 338 g/mol. The highest BCUT2D eigenvalue weighted by atomic mass is 32.1. The largest absolute Gasteiger partial charge is 0.496 e. The van der Waals surface area contributed by atoms with Crippen LogP contribution in [0.1, 0.15) is 44.8 Å². The summed E-state index contributed by atoms with van der Waals surface area (Å²) in [5, 5.41) is 3.70. The number of nitrogens with zero attached hydrogens (tertiary/aromatic N) is 1. The van der Waals surface area contributed by atoms with E-state index in [1.165, 1.54) is 13.2 Å². The lowest BCUT2D eigenvalue weighted by Gasteiger charge is -2.23. The second-order valence-electron chi connectivity index (χ2n) is 5.40. The van der Waals surface area contributed by atoms with Gasteiger partial charge in [0.1, 0.15) is 11.3 Å². The van der Waals surface area contributed by atoms with Crippen molar-refractivity contribution in [3.8, 4) is 5.75 Å². The van der Waals surface area contributed by atoms with Crippen LogP contribution in [-0.2, 0) is 6.42 Å². The predicted octanol–water partition coefficient (Wildman–Crippen LogP) is 3.55. The van der Waals surface area contributed by atoms with E-state index in [0.717, 1.165) is 40.9 Å². The molecule has 0 saturated heterocycles. The maximum absolute atomic E-state index is 14.0. The van der Waals surface area contributed by atoms with E-state index in [-0.39, 0.29) is 11.8 Å². The van der Waals surface area contributed by atoms with Gasteiger partial charge in [0.05, 0.1) is 23.9 Å².